The third kappa shape index (κ3) is 2.06. The average molecular weight is 209 g/mol. The Morgan fingerprint density at radius 1 is 1.40 bits per heavy atom. The molecule has 0 fully saturated rings. The minimum Gasteiger partial charge on any atom is -0.364 e. The summed E-state index contributed by atoms with van der Waals surface area (Å²) >= 11 is 0. The van der Waals surface area contributed by atoms with Crippen molar-refractivity contribution >= 4 is 11.7 Å². The zero-order valence-electron chi connectivity index (χ0n) is 9.37. The zero-order chi connectivity index (χ0) is 11.8. The number of nitrogens with zero attached hydrogens (tertiary/aromatic N) is 2. The van der Waals surface area contributed by atoms with Crippen molar-refractivity contribution in [3.8, 4) is 0 Å². The molecule has 15 heavy (non-hydrogen) atoms. The molecule has 0 aliphatic heterocycles. The molecule has 1 amide bonds. The number of primary amides is 1. The van der Waals surface area contributed by atoms with Crippen LogP contribution in [0.4, 0.5) is 0 Å². The first-order valence-corrected chi connectivity index (χ1v) is 4.63. The molecule has 2 N–H and O–H groups in total. The summed E-state index contributed by atoms with van der Waals surface area (Å²) in [4.78, 5) is 26.4. The minimum atomic E-state index is -0.632. The average Bonchev–Trinajstić information content (AvgIpc) is 2.45. The van der Waals surface area contributed by atoms with E-state index in [-0.39, 0.29) is 22.7 Å². The molecule has 1 aromatic rings. The molecule has 0 spiro atoms. The van der Waals surface area contributed by atoms with Crippen LogP contribution in [0, 0.1) is 0 Å². The number of amides is 1. The van der Waals surface area contributed by atoms with Gasteiger partial charge in [0.05, 0.1) is 6.33 Å². The molecular formula is C10H15N3O2. The van der Waals surface area contributed by atoms with Crippen LogP contribution in [0.25, 0.3) is 0 Å². The molecule has 0 saturated carbocycles. The molecule has 5 heteroatoms. The molecule has 0 aliphatic rings. The van der Waals surface area contributed by atoms with Crippen LogP contribution in [0.5, 0.6) is 0 Å². The fraction of sp³-hybridized carbons (Fsp3) is 0.500. The second-order valence-corrected chi connectivity index (χ2v) is 4.40. The van der Waals surface area contributed by atoms with E-state index in [1.54, 1.807) is 4.57 Å². The highest BCUT2D eigenvalue weighted by Gasteiger charge is 2.25. The van der Waals surface area contributed by atoms with Crippen LogP contribution in [-0.2, 0) is 5.54 Å². The Bertz CT molecular complexity index is 413. The van der Waals surface area contributed by atoms with Gasteiger partial charge in [-0.05, 0) is 20.8 Å². The number of imidazole rings is 1. The molecule has 0 bridgehead atoms. The van der Waals surface area contributed by atoms with E-state index >= 15 is 0 Å². The number of nitrogens with two attached hydrogens (primary N) is 1. The van der Waals surface area contributed by atoms with Gasteiger partial charge in [0.1, 0.15) is 11.4 Å². The van der Waals surface area contributed by atoms with Gasteiger partial charge in [0.15, 0.2) is 5.78 Å². The van der Waals surface area contributed by atoms with E-state index in [1.165, 1.54) is 13.3 Å². The van der Waals surface area contributed by atoms with E-state index in [0.29, 0.717) is 0 Å². The van der Waals surface area contributed by atoms with Gasteiger partial charge in [-0.3, -0.25) is 9.59 Å². The maximum Gasteiger partial charge on any atom is 0.267 e. The molecule has 0 atom stereocenters. The Morgan fingerprint density at radius 3 is 2.27 bits per heavy atom. The van der Waals surface area contributed by atoms with Crippen LogP contribution in [0.15, 0.2) is 6.33 Å². The fourth-order valence-electron chi connectivity index (χ4n) is 1.35. The lowest BCUT2D eigenvalue weighted by Gasteiger charge is -2.22. The largest absolute Gasteiger partial charge is 0.364 e. The number of Topliss-reactive ketones (excluding diaryl/α,β-unsaturated/α-hetero) is 1. The molecule has 0 aromatic carbocycles. The third-order valence-electron chi connectivity index (χ3n) is 2.06. The van der Waals surface area contributed by atoms with Crippen LogP contribution in [0.1, 0.15) is 48.7 Å². The minimum absolute atomic E-state index is 0.137. The summed E-state index contributed by atoms with van der Waals surface area (Å²) in [6.07, 6.45) is 1.47. The number of carbonyl (C=O) groups excluding carboxylic acids is 2. The number of ketones is 1. The second-order valence-electron chi connectivity index (χ2n) is 4.40. The van der Waals surface area contributed by atoms with Crippen LogP contribution in [0.2, 0.25) is 0 Å². The highest BCUT2D eigenvalue weighted by molar-refractivity contribution is 6.04. The number of rotatable bonds is 2. The smallest absolute Gasteiger partial charge is 0.267 e. The Hall–Kier alpha value is -1.65. The van der Waals surface area contributed by atoms with Gasteiger partial charge in [0.25, 0.3) is 5.91 Å². The summed E-state index contributed by atoms with van der Waals surface area (Å²) in [5.41, 5.74) is 5.23. The Kier molecular flexibility index (Phi) is 2.66. The summed E-state index contributed by atoms with van der Waals surface area (Å²) in [5.74, 6) is -0.889. The predicted octanol–water partition coefficient (Wildman–Crippen LogP) is 0.940. The van der Waals surface area contributed by atoms with Gasteiger partial charge >= 0.3 is 0 Å². The van der Waals surface area contributed by atoms with Crippen molar-refractivity contribution in [2.45, 2.75) is 33.2 Å². The first-order valence-electron chi connectivity index (χ1n) is 4.63. The number of hydrogen-bond acceptors (Lipinski definition) is 3. The van der Waals surface area contributed by atoms with Crippen molar-refractivity contribution in [2.24, 2.45) is 5.73 Å². The van der Waals surface area contributed by atoms with E-state index in [9.17, 15) is 9.59 Å². The quantitative estimate of drug-likeness (QED) is 0.736. The van der Waals surface area contributed by atoms with E-state index in [4.69, 9.17) is 5.73 Å². The fourth-order valence-corrected chi connectivity index (χ4v) is 1.35. The molecular weight excluding hydrogens is 194 g/mol. The maximum absolute atomic E-state index is 11.3. The lowest BCUT2D eigenvalue weighted by atomic mass is 10.1. The third-order valence-corrected chi connectivity index (χ3v) is 2.06. The molecule has 82 valence electrons. The summed E-state index contributed by atoms with van der Waals surface area (Å²) in [6.45, 7) is 7.09. The van der Waals surface area contributed by atoms with Crippen molar-refractivity contribution < 1.29 is 9.59 Å². The first-order chi connectivity index (χ1) is 6.75. The Morgan fingerprint density at radius 2 is 1.93 bits per heavy atom. The van der Waals surface area contributed by atoms with Gasteiger partial charge < -0.3 is 10.3 Å². The highest BCUT2D eigenvalue weighted by Crippen LogP contribution is 2.19. The molecule has 1 aromatic heterocycles. The summed E-state index contributed by atoms with van der Waals surface area (Å²) < 4.78 is 1.62. The zero-order valence-corrected chi connectivity index (χ0v) is 9.37. The highest BCUT2D eigenvalue weighted by atomic mass is 16.1. The van der Waals surface area contributed by atoms with Gasteiger partial charge in [-0.15, -0.1) is 0 Å². The van der Waals surface area contributed by atoms with Gasteiger partial charge in [-0.2, -0.15) is 0 Å². The van der Waals surface area contributed by atoms with Crippen LogP contribution in [0.3, 0.4) is 0 Å². The van der Waals surface area contributed by atoms with Crippen LogP contribution < -0.4 is 5.73 Å². The number of carbonyl (C=O) groups is 2. The van der Waals surface area contributed by atoms with Gasteiger partial charge in [-0.1, -0.05) is 0 Å². The molecule has 0 aliphatic carbocycles. The van der Waals surface area contributed by atoms with E-state index < -0.39 is 5.91 Å². The Labute approximate surface area is 88.3 Å². The summed E-state index contributed by atoms with van der Waals surface area (Å²) in [6, 6.07) is 0. The Balaban J connectivity index is 3.44. The normalized spacial score (nSPS) is 11.5. The van der Waals surface area contributed by atoms with Crippen molar-refractivity contribution in [3.63, 3.8) is 0 Å². The lowest BCUT2D eigenvalue weighted by Crippen LogP contribution is -2.28. The number of hydrogen-bond donors (Lipinski definition) is 1. The SMILES string of the molecule is CC(=O)c1ncn(C(C)(C)C)c1C(N)=O. The molecule has 5 nitrogen and oxygen atoms in total. The van der Waals surface area contributed by atoms with Crippen LogP contribution in [-0.4, -0.2) is 21.2 Å². The molecule has 1 rings (SSSR count). The second kappa shape index (κ2) is 3.49. The van der Waals surface area contributed by atoms with Gasteiger partial charge in [-0.25, -0.2) is 4.98 Å². The van der Waals surface area contributed by atoms with E-state index in [0.717, 1.165) is 0 Å². The van der Waals surface area contributed by atoms with Crippen molar-refractivity contribution in [3.05, 3.63) is 17.7 Å². The topological polar surface area (TPSA) is 78.0 Å². The lowest BCUT2D eigenvalue weighted by molar-refractivity contribution is 0.0960. The monoisotopic (exact) mass is 209 g/mol. The maximum atomic E-state index is 11.3. The van der Waals surface area contributed by atoms with Gasteiger partial charge in [0.2, 0.25) is 0 Å². The molecule has 0 radical (unpaired) electrons. The molecule has 0 saturated heterocycles. The van der Waals surface area contributed by atoms with E-state index in [2.05, 4.69) is 4.98 Å². The summed E-state index contributed by atoms with van der Waals surface area (Å²) in [5, 5.41) is 0. The predicted molar refractivity (Wildman–Crippen MR) is 55.7 cm³/mol. The standard InChI is InChI=1S/C10H15N3O2/c1-6(14)7-8(9(11)15)13(5-12-7)10(2,3)4/h5H,1-4H3,(H2,11,15). The van der Waals surface area contributed by atoms with Crippen LogP contribution >= 0.6 is 0 Å². The van der Waals surface area contributed by atoms with Crippen molar-refractivity contribution in [2.75, 3.05) is 0 Å². The van der Waals surface area contributed by atoms with Crippen molar-refractivity contribution in [1.29, 1.82) is 0 Å². The van der Waals surface area contributed by atoms with Gasteiger partial charge in [0, 0.05) is 12.5 Å². The van der Waals surface area contributed by atoms with Crippen molar-refractivity contribution in [1.82, 2.24) is 9.55 Å². The molecule has 1 heterocycles. The first kappa shape index (κ1) is 11.4. The summed E-state index contributed by atoms with van der Waals surface area (Å²) in [7, 11) is 0. The molecule has 0 unspecified atom stereocenters. The number of aromatic nitrogens is 2. The van der Waals surface area contributed by atoms with E-state index in [1.807, 2.05) is 20.8 Å².